The molecule has 1 aliphatic heterocycles. The highest BCUT2D eigenvalue weighted by Crippen LogP contribution is 2.12. The minimum atomic E-state index is -0.235. The number of aryl methyl sites for hydroxylation is 1. The van der Waals surface area contributed by atoms with Crippen molar-refractivity contribution in [3.8, 4) is 0 Å². The van der Waals surface area contributed by atoms with Gasteiger partial charge in [0.1, 0.15) is 5.76 Å². The minimum Gasteiger partial charge on any atom is -0.377 e. The molecule has 0 aliphatic carbocycles. The fraction of sp³-hybridized carbons (Fsp3) is 0.692. The number of nitrogens with zero attached hydrogens (tertiary/aromatic N) is 1. The molecule has 6 nitrogen and oxygen atoms in total. The number of amides is 1. The van der Waals surface area contributed by atoms with E-state index in [1.165, 1.54) is 0 Å². The van der Waals surface area contributed by atoms with Crippen LogP contribution in [0, 0.1) is 6.92 Å². The van der Waals surface area contributed by atoms with E-state index in [9.17, 15) is 4.79 Å². The van der Waals surface area contributed by atoms with Crippen LogP contribution in [0.25, 0.3) is 0 Å². The Morgan fingerprint density at radius 1 is 1.63 bits per heavy atom. The lowest BCUT2D eigenvalue weighted by atomic mass is 10.2. The van der Waals surface area contributed by atoms with Gasteiger partial charge in [-0.25, -0.2) is 0 Å². The van der Waals surface area contributed by atoms with Gasteiger partial charge in [-0.3, -0.25) is 4.79 Å². The predicted molar refractivity (Wildman–Crippen MR) is 70.9 cm³/mol. The van der Waals surface area contributed by atoms with Gasteiger partial charge in [0, 0.05) is 19.2 Å². The number of nitrogens with one attached hydrogen (secondary N) is 2. The molecule has 1 saturated heterocycles. The van der Waals surface area contributed by atoms with E-state index < -0.39 is 0 Å². The zero-order valence-corrected chi connectivity index (χ0v) is 11.4. The maximum absolute atomic E-state index is 12.1. The zero-order valence-electron chi connectivity index (χ0n) is 11.4. The van der Waals surface area contributed by atoms with E-state index in [-0.39, 0.29) is 18.1 Å². The van der Waals surface area contributed by atoms with Gasteiger partial charge in [0.25, 0.3) is 0 Å². The van der Waals surface area contributed by atoms with Crippen molar-refractivity contribution in [1.29, 1.82) is 0 Å². The van der Waals surface area contributed by atoms with Crippen molar-refractivity contribution in [2.24, 2.45) is 0 Å². The average molecular weight is 267 g/mol. The van der Waals surface area contributed by atoms with Crippen molar-refractivity contribution >= 4 is 11.7 Å². The van der Waals surface area contributed by atoms with Crippen LogP contribution < -0.4 is 10.6 Å². The molecule has 6 heteroatoms. The molecule has 1 aliphatic rings. The minimum absolute atomic E-state index is 0.0891. The van der Waals surface area contributed by atoms with Gasteiger partial charge in [-0.05, 0) is 26.2 Å². The van der Waals surface area contributed by atoms with Gasteiger partial charge in [-0.2, -0.15) is 0 Å². The fourth-order valence-corrected chi connectivity index (χ4v) is 2.14. The molecule has 2 heterocycles. The van der Waals surface area contributed by atoms with Gasteiger partial charge in [0.15, 0.2) is 5.82 Å². The van der Waals surface area contributed by atoms with Crippen LogP contribution in [0.15, 0.2) is 10.6 Å². The second-order valence-corrected chi connectivity index (χ2v) is 4.82. The first-order valence-corrected chi connectivity index (χ1v) is 6.78. The third-order valence-electron chi connectivity index (χ3n) is 3.22. The van der Waals surface area contributed by atoms with Gasteiger partial charge >= 0.3 is 0 Å². The van der Waals surface area contributed by atoms with Crippen LogP contribution in [-0.2, 0) is 9.53 Å². The lowest BCUT2D eigenvalue weighted by Gasteiger charge is -2.18. The van der Waals surface area contributed by atoms with Gasteiger partial charge in [-0.15, -0.1) is 0 Å². The summed E-state index contributed by atoms with van der Waals surface area (Å²) in [4.78, 5) is 12.1. The number of carbonyl (C=O) groups excluding carboxylic acids is 1. The molecule has 2 unspecified atom stereocenters. The summed E-state index contributed by atoms with van der Waals surface area (Å²) in [5.74, 6) is 1.05. The van der Waals surface area contributed by atoms with Crippen molar-refractivity contribution in [3.05, 3.63) is 11.8 Å². The molecular formula is C13H21N3O3. The molecule has 0 bridgehead atoms. The maximum Gasteiger partial charge on any atom is 0.242 e. The standard InChI is InChI=1S/C13H21N3O3/c1-3-11(14-8-10-5-4-6-18-10)13(17)15-12-7-9(2)19-16-12/h7,10-11,14H,3-6,8H2,1-2H3,(H,15,16,17). The molecule has 2 N–H and O–H groups in total. The highest BCUT2D eigenvalue weighted by molar-refractivity contribution is 5.93. The largest absolute Gasteiger partial charge is 0.377 e. The molecule has 0 spiro atoms. The predicted octanol–water partition coefficient (Wildman–Crippen LogP) is 1.47. The van der Waals surface area contributed by atoms with Gasteiger partial charge in [0.05, 0.1) is 12.1 Å². The topological polar surface area (TPSA) is 76.4 Å². The Kier molecular flexibility index (Phi) is 4.93. The van der Waals surface area contributed by atoms with E-state index in [2.05, 4.69) is 15.8 Å². The Morgan fingerprint density at radius 2 is 2.47 bits per heavy atom. The third kappa shape index (κ3) is 4.04. The second-order valence-electron chi connectivity index (χ2n) is 4.82. The highest BCUT2D eigenvalue weighted by Gasteiger charge is 2.21. The summed E-state index contributed by atoms with van der Waals surface area (Å²) in [6, 6.07) is 1.46. The molecule has 1 aromatic heterocycles. The van der Waals surface area contributed by atoms with Crippen LogP contribution in [0.3, 0.4) is 0 Å². The third-order valence-corrected chi connectivity index (χ3v) is 3.22. The van der Waals surface area contributed by atoms with Gasteiger partial charge in [-0.1, -0.05) is 12.1 Å². The summed E-state index contributed by atoms with van der Waals surface area (Å²) in [6.45, 7) is 5.30. The molecule has 0 radical (unpaired) electrons. The van der Waals surface area contributed by atoms with Crippen LogP contribution in [-0.4, -0.2) is 36.4 Å². The fourth-order valence-electron chi connectivity index (χ4n) is 2.14. The number of aromatic nitrogens is 1. The van der Waals surface area contributed by atoms with Gasteiger partial charge < -0.3 is 19.9 Å². The van der Waals surface area contributed by atoms with Crippen molar-refractivity contribution in [3.63, 3.8) is 0 Å². The normalized spacial score (nSPS) is 20.4. The number of ether oxygens (including phenoxy) is 1. The maximum atomic E-state index is 12.1. The smallest absolute Gasteiger partial charge is 0.242 e. The Bertz CT molecular complexity index is 413. The lowest BCUT2D eigenvalue weighted by molar-refractivity contribution is -0.118. The molecule has 1 amide bonds. The zero-order chi connectivity index (χ0) is 13.7. The summed E-state index contributed by atoms with van der Waals surface area (Å²) in [6.07, 6.45) is 3.12. The van der Waals surface area contributed by atoms with E-state index >= 15 is 0 Å². The summed E-state index contributed by atoms with van der Waals surface area (Å²) in [7, 11) is 0. The first-order valence-electron chi connectivity index (χ1n) is 6.78. The monoisotopic (exact) mass is 267 g/mol. The van der Waals surface area contributed by atoms with Crippen molar-refractivity contribution in [1.82, 2.24) is 10.5 Å². The summed E-state index contributed by atoms with van der Waals surface area (Å²) in [5, 5.41) is 9.74. The molecule has 1 aromatic rings. The van der Waals surface area contributed by atoms with Crippen LogP contribution in [0.1, 0.15) is 31.9 Å². The number of hydrogen-bond donors (Lipinski definition) is 2. The Morgan fingerprint density at radius 3 is 3.05 bits per heavy atom. The van der Waals surface area contributed by atoms with Crippen molar-refractivity contribution in [2.75, 3.05) is 18.5 Å². The number of hydrogen-bond acceptors (Lipinski definition) is 5. The van der Waals surface area contributed by atoms with E-state index in [4.69, 9.17) is 9.26 Å². The highest BCUT2D eigenvalue weighted by atomic mass is 16.5. The average Bonchev–Trinajstić information content (AvgIpc) is 3.02. The van der Waals surface area contributed by atoms with Crippen molar-refractivity contribution in [2.45, 2.75) is 45.3 Å². The SMILES string of the molecule is CCC(NCC1CCCO1)C(=O)Nc1cc(C)on1. The first-order chi connectivity index (χ1) is 9.19. The summed E-state index contributed by atoms with van der Waals surface area (Å²) in [5.41, 5.74) is 0. The molecule has 2 rings (SSSR count). The van der Waals surface area contributed by atoms with E-state index in [1.54, 1.807) is 13.0 Å². The Balaban J connectivity index is 1.80. The second kappa shape index (κ2) is 6.68. The summed E-state index contributed by atoms with van der Waals surface area (Å²) < 4.78 is 10.4. The van der Waals surface area contributed by atoms with E-state index in [0.29, 0.717) is 18.1 Å². The molecule has 19 heavy (non-hydrogen) atoms. The molecule has 106 valence electrons. The first kappa shape index (κ1) is 14.0. The van der Waals surface area contributed by atoms with Crippen LogP contribution >= 0.6 is 0 Å². The molecule has 1 fully saturated rings. The number of anilines is 1. The van der Waals surface area contributed by atoms with Gasteiger partial charge in [0.2, 0.25) is 5.91 Å². The van der Waals surface area contributed by atoms with E-state index in [0.717, 1.165) is 25.9 Å². The number of carbonyl (C=O) groups is 1. The molecule has 2 atom stereocenters. The van der Waals surface area contributed by atoms with Crippen molar-refractivity contribution < 1.29 is 14.1 Å². The van der Waals surface area contributed by atoms with Crippen LogP contribution in [0.4, 0.5) is 5.82 Å². The lowest BCUT2D eigenvalue weighted by Crippen LogP contribution is -2.43. The molecule has 0 aromatic carbocycles. The quantitative estimate of drug-likeness (QED) is 0.816. The van der Waals surface area contributed by atoms with E-state index in [1.807, 2.05) is 6.92 Å². The molecular weight excluding hydrogens is 246 g/mol. The summed E-state index contributed by atoms with van der Waals surface area (Å²) >= 11 is 0. The van der Waals surface area contributed by atoms with Crippen LogP contribution in [0.2, 0.25) is 0 Å². The Hall–Kier alpha value is -1.40. The Labute approximate surface area is 112 Å². The molecule has 0 saturated carbocycles. The van der Waals surface area contributed by atoms with Crippen LogP contribution in [0.5, 0.6) is 0 Å². The number of rotatable bonds is 6.